The van der Waals surface area contributed by atoms with E-state index < -0.39 is 0 Å². The van der Waals surface area contributed by atoms with Gasteiger partial charge in [0.1, 0.15) is 5.69 Å². The Morgan fingerprint density at radius 3 is 2.67 bits per heavy atom. The highest BCUT2D eigenvalue weighted by Gasteiger charge is 2.32. The lowest BCUT2D eigenvalue weighted by molar-refractivity contribution is -0.121. The number of carbonyl (C=O) groups excluding carboxylic acids is 1. The SMILES string of the molecule is C/C(=C1/SC(=Nc2cccnc2Cl)N(C)C1=O)c1ccc(Br)cc1. The van der Waals surface area contributed by atoms with Gasteiger partial charge in [-0.05, 0) is 54.1 Å². The molecule has 4 nitrogen and oxygen atoms in total. The molecule has 1 amide bonds. The van der Waals surface area contributed by atoms with E-state index in [1.165, 1.54) is 16.7 Å². The quantitative estimate of drug-likeness (QED) is 0.498. The van der Waals surface area contributed by atoms with Crippen molar-refractivity contribution in [2.75, 3.05) is 7.05 Å². The van der Waals surface area contributed by atoms with Crippen LogP contribution in [0.2, 0.25) is 5.15 Å². The fourth-order valence-corrected chi connectivity index (χ4v) is 3.64. The van der Waals surface area contributed by atoms with Gasteiger partial charge < -0.3 is 0 Å². The number of hydrogen-bond donors (Lipinski definition) is 0. The molecule has 122 valence electrons. The molecule has 2 aromatic rings. The molecular weight excluding hydrogens is 410 g/mol. The van der Waals surface area contributed by atoms with Gasteiger partial charge in [-0.3, -0.25) is 9.69 Å². The lowest BCUT2D eigenvalue weighted by Crippen LogP contribution is -2.23. The Labute approximate surface area is 157 Å². The molecule has 0 bridgehead atoms. The smallest absolute Gasteiger partial charge is 0.266 e. The molecular formula is C17H13BrClN3OS. The molecule has 1 aromatic heterocycles. The molecule has 1 saturated heterocycles. The second kappa shape index (κ2) is 7.09. The highest BCUT2D eigenvalue weighted by molar-refractivity contribution is 9.10. The number of likely N-dealkylation sites (N-methyl/N-ethyl adjacent to an activating group) is 1. The molecule has 0 radical (unpaired) electrons. The van der Waals surface area contributed by atoms with E-state index in [0.29, 0.717) is 20.9 Å². The van der Waals surface area contributed by atoms with Gasteiger partial charge in [0.15, 0.2) is 10.3 Å². The zero-order valence-corrected chi connectivity index (χ0v) is 16.1. The van der Waals surface area contributed by atoms with Crippen LogP contribution in [0.3, 0.4) is 0 Å². The van der Waals surface area contributed by atoms with Crippen molar-refractivity contribution in [3.05, 3.63) is 62.7 Å². The highest BCUT2D eigenvalue weighted by atomic mass is 79.9. The van der Waals surface area contributed by atoms with Gasteiger partial charge in [-0.2, -0.15) is 0 Å². The summed E-state index contributed by atoms with van der Waals surface area (Å²) in [5.74, 6) is -0.0702. The van der Waals surface area contributed by atoms with Gasteiger partial charge in [-0.25, -0.2) is 9.98 Å². The van der Waals surface area contributed by atoms with Crippen LogP contribution in [0.4, 0.5) is 5.69 Å². The molecule has 24 heavy (non-hydrogen) atoms. The van der Waals surface area contributed by atoms with Crippen LogP contribution in [0.5, 0.6) is 0 Å². The number of allylic oxidation sites excluding steroid dienone is 1. The molecule has 1 fully saturated rings. The first-order valence-electron chi connectivity index (χ1n) is 7.09. The van der Waals surface area contributed by atoms with Crippen molar-refractivity contribution in [3.8, 4) is 0 Å². The summed E-state index contributed by atoms with van der Waals surface area (Å²) in [7, 11) is 1.71. The van der Waals surface area contributed by atoms with E-state index in [1.807, 2.05) is 31.2 Å². The zero-order chi connectivity index (χ0) is 17.3. The van der Waals surface area contributed by atoms with Crippen molar-refractivity contribution in [2.45, 2.75) is 6.92 Å². The van der Waals surface area contributed by atoms with Crippen molar-refractivity contribution in [2.24, 2.45) is 4.99 Å². The fraction of sp³-hybridized carbons (Fsp3) is 0.118. The number of amidine groups is 1. The van der Waals surface area contributed by atoms with Gasteiger partial charge in [-0.15, -0.1) is 0 Å². The van der Waals surface area contributed by atoms with E-state index in [1.54, 1.807) is 25.4 Å². The van der Waals surface area contributed by atoms with Gasteiger partial charge >= 0.3 is 0 Å². The van der Waals surface area contributed by atoms with Gasteiger partial charge in [-0.1, -0.05) is 39.7 Å². The van der Waals surface area contributed by atoms with Gasteiger partial charge in [0.2, 0.25) is 0 Å². The molecule has 0 atom stereocenters. The van der Waals surface area contributed by atoms with E-state index in [2.05, 4.69) is 25.9 Å². The lowest BCUT2D eigenvalue weighted by Gasteiger charge is -2.07. The minimum absolute atomic E-state index is 0.0702. The van der Waals surface area contributed by atoms with Crippen molar-refractivity contribution in [1.82, 2.24) is 9.88 Å². The van der Waals surface area contributed by atoms with Crippen LogP contribution in [0.15, 0.2) is 57.0 Å². The van der Waals surface area contributed by atoms with Gasteiger partial charge in [0, 0.05) is 17.7 Å². The van der Waals surface area contributed by atoms with E-state index >= 15 is 0 Å². The maximum Gasteiger partial charge on any atom is 0.266 e. The van der Waals surface area contributed by atoms with Crippen LogP contribution in [0.1, 0.15) is 12.5 Å². The number of aliphatic imine (C=N–C) groups is 1. The molecule has 0 aliphatic carbocycles. The molecule has 0 N–H and O–H groups in total. The summed E-state index contributed by atoms with van der Waals surface area (Å²) in [6.45, 7) is 1.94. The molecule has 2 heterocycles. The van der Waals surface area contributed by atoms with Crippen LogP contribution in [-0.2, 0) is 4.79 Å². The van der Waals surface area contributed by atoms with Gasteiger partial charge in [0.05, 0.1) is 4.91 Å². The Hall–Kier alpha value is -1.63. The molecule has 1 aromatic carbocycles. The number of halogens is 2. The Balaban J connectivity index is 1.98. The summed E-state index contributed by atoms with van der Waals surface area (Å²) in [5.41, 5.74) is 2.47. The predicted molar refractivity (Wildman–Crippen MR) is 103 cm³/mol. The number of rotatable bonds is 2. The van der Waals surface area contributed by atoms with E-state index in [-0.39, 0.29) is 5.91 Å². The number of nitrogens with zero attached hydrogens (tertiary/aromatic N) is 3. The third-order valence-corrected chi connectivity index (χ3v) is 5.61. The number of aromatic nitrogens is 1. The van der Waals surface area contributed by atoms with E-state index in [4.69, 9.17) is 11.6 Å². The van der Waals surface area contributed by atoms with E-state index in [9.17, 15) is 4.79 Å². The average Bonchev–Trinajstić information content (AvgIpc) is 2.85. The van der Waals surface area contributed by atoms with Crippen molar-refractivity contribution in [1.29, 1.82) is 0 Å². The van der Waals surface area contributed by atoms with Gasteiger partial charge in [0.25, 0.3) is 5.91 Å². The topological polar surface area (TPSA) is 45.6 Å². The maximum atomic E-state index is 12.6. The lowest BCUT2D eigenvalue weighted by atomic mass is 10.1. The first-order valence-corrected chi connectivity index (χ1v) is 9.08. The number of pyridine rings is 1. The zero-order valence-electron chi connectivity index (χ0n) is 13.0. The summed E-state index contributed by atoms with van der Waals surface area (Å²) in [6, 6.07) is 11.4. The standard InChI is InChI=1S/C17H13BrClN3OS/c1-10(11-5-7-12(18)8-6-11)14-16(23)22(2)17(24-14)21-13-4-3-9-20-15(13)19/h3-9H,1-2H3/b14-10-,21-17?. The van der Waals surface area contributed by atoms with Crippen LogP contribution in [-0.4, -0.2) is 28.0 Å². The van der Waals surface area contributed by atoms with E-state index in [0.717, 1.165) is 15.6 Å². The first kappa shape index (κ1) is 17.2. The Kier molecular flexibility index (Phi) is 5.08. The predicted octanol–water partition coefficient (Wildman–Crippen LogP) is 5.12. The van der Waals surface area contributed by atoms with Crippen molar-refractivity contribution in [3.63, 3.8) is 0 Å². The maximum absolute atomic E-state index is 12.6. The Bertz CT molecular complexity index is 864. The Morgan fingerprint density at radius 1 is 1.29 bits per heavy atom. The van der Waals surface area contributed by atoms with Crippen LogP contribution in [0.25, 0.3) is 5.57 Å². The minimum Gasteiger partial charge on any atom is -0.290 e. The number of benzene rings is 1. The first-order chi connectivity index (χ1) is 11.5. The van der Waals surface area contributed by atoms with Crippen molar-refractivity contribution >= 4 is 61.6 Å². The second-order valence-electron chi connectivity index (χ2n) is 5.13. The highest BCUT2D eigenvalue weighted by Crippen LogP contribution is 2.37. The third kappa shape index (κ3) is 3.41. The molecule has 7 heteroatoms. The second-order valence-corrected chi connectivity index (χ2v) is 7.39. The molecule has 1 aliphatic heterocycles. The molecule has 0 spiro atoms. The van der Waals surface area contributed by atoms with Crippen LogP contribution < -0.4 is 0 Å². The number of thioether (sulfide) groups is 1. The number of carbonyl (C=O) groups is 1. The molecule has 1 aliphatic rings. The van der Waals surface area contributed by atoms with Crippen LogP contribution in [0, 0.1) is 0 Å². The number of amides is 1. The van der Waals surface area contributed by atoms with Crippen LogP contribution >= 0.6 is 39.3 Å². The fourth-order valence-electron chi connectivity index (χ4n) is 2.17. The normalized spacial score (nSPS) is 18.4. The molecule has 0 unspecified atom stereocenters. The third-order valence-electron chi connectivity index (χ3n) is 3.55. The summed E-state index contributed by atoms with van der Waals surface area (Å²) in [4.78, 5) is 23.3. The average molecular weight is 423 g/mol. The summed E-state index contributed by atoms with van der Waals surface area (Å²) >= 11 is 10.8. The van der Waals surface area contributed by atoms with Crippen molar-refractivity contribution < 1.29 is 4.79 Å². The number of hydrogen-bond acceptors (Lipinski definition) is 4. The monoisotopic (exact) mass is 421 g/mol. The Morgan fingerprint density at radius 2 is 2.00 bits per heavy atom. The molecule has 3 rings (SSSR count). The summed E-state index contributed by atoms with van der Waals surface area (Å²) < 4.78 is 1.00. The summed E-state index contributed by atoms with van der Waals surface area (Å²) in [5, 5.41) is 0.898. The molecule has 0 saturated carbocycles. The summed E-state index contributed by atoms with van der Waals surface area (Å²) in [6.07, 6.45) is 1.60. The minimum atomic E-state index is -0.0702. The largest absolute Gasteiger partial charge is 0.290 e.